The Morgan fingerprint density at radius 2 is 1.94 bits per heavy atom. The third kappa shape index (κ3) is 2.43. The molecule has 92 valence electrons. The van der Waals surface area contributed by atoms with Crippen molar-refractivity contribution in [3.8, 4) is 11.5 Å². The zero-order valence-electron chi connectivity index (χ0n) is 10.7. The van der Waals surface area contributed by atoms with E-state index in [1.165, 1.54) is 12.0 Å². The molecule has 17 heavy (non-hydrogen) atoms. The first-order valence-corrected chi connectivity index (χ1v) is 6.06. The second-order valence-electron chi connectivity index (χ2n) is 4.33. The molecular formula is C14H19NO2. The number of fused-ring (bicyclic) bond motifs is 1. The van der Waals surface area contributed by atoms with E-state index in [1.807, 2.05) is 12.3 Å². The highest BCUT2D eigenvalue weighted by molar-refractivity contribution is 5.84. The molecule has 0 fully saturated rings. The fourth-order valence-electron chi connectivity index (χ4n) is 2.24. The first-order chi connectivity index (χ1) is 8.28. The van der Waals surface area contributed by atoms with Crippen molar-refractivity contribution in [2.24, 2.45) is 4.99 Å². The molecule has 2 rings (SSSR count). The van der Waals surface area contributed by atoms with Crippen LogP contribution in [-0.4, -0.2) is 26.5 Å². The van der Waals surface area contributed by atoms with Gasteiger partial charge in [0, 0.05) is 6.21 Å². The second-order valence-corrected chi connectivity index (χ2v) is 4.33. The molecule has 1 heterocycles. The molecule has 0 aliphatic carbocycles. The van der Waals surface area contributed by atoms with Crippen LogP contribution in [-0.2, 0) is 6.42 Å². The lowest BCUT2D eigenvalue weighted by Gasteiger charge is -2.20. The first kappa shape index (κ1) is 12.0. The average Bonchev–Trinajstić information content (AvgIpc) is 2.37. The number of aliphatic imine (C=N–C) groups is 1. The van der Waals surface area contributed by atoms with Crippen LogP contribution in [0.1, 0.15) is 30.9 Å². The van der Waals surface area contributed by atoms with Crippen LogP contribution in [0.4, 0.5) is 0 Å². The molecule has 0 radical (unpaired) electrons. The number of hydrogen-bond acceptors (Lipinski definition) is 3. The molecule has 1 aliphatic rings. The predicted octanol–water partition coefficient (Wildman–Crippen LogP) is 2.85. The minimum absolute atomic E-state index is 0.422. The average molecular weight is 233 g/mol. The van der Waals surface area contributed by atoms with E-state index in [0.29, 0.717) is 6.04 Å². The van der Waals surface area contributed by atoms with E-state index in [9.17, 15) is 0 Å². The van der Waals surface area contributed by atoms with Gasteiger partial charge >= 0.3 is 0 Å². The van der Waals surface area contributed by atoms with Crippen molar-refractivity contribution in [3.05, 3.63) is 23.3 Å². The van der Waals surface area contributed by atoms with Gasteiger partial charge in [0.25, 0.3) is 0 Å². The van der Waals surface area contributed by atoms with E-state index in [2.05, 4.69) is 18.0 Å². The summed E-state index contributed by atoms with van der Waals surface area (Å²) in [5.41, 5.74) is 2.45. The van der Waals surface area contributed by atoms with Gasteiger partial charge in [-0.15, -0.1) is 0 Å². The molecule has 0 saturated carbocycles. The Morgan fingerprint density at radius 1 is 1.24 bits per heavy atom. The molecule has 0 N–H and O–H groups in total. The van der Waals surface area contributed by atoms with Gasteiger partial charge in [0.15, 0.2) is 11.5 Å². The Hall–Kier alpha value is -1.51. The molecule has 0 spiro atoms. The van der Waals surface area contributed by atoms with Crippen LogP contribution in [0.5, 0.6) is 11.5 Å². The number of nitrogens with zero attached hydrogens (tertiary/aromatic N) is 1. The number of benzene rings is 1. The summed E-state index contributed by atoms with van der Waals surface area (Å²) in [6, 6.07) is 4.49. The van der Waals surface area contributed by atoms with Gasteiger partial charge in [0.2, 0.25) is 0 Å². The maximum absolute atomic E-state index is 5.33. The quantitative estimate of drug-likeness (QED) is 0.800. The molecular weight excluding hydrogens is 214 g/mol. The lowest BCUT2D eigenvalue weighted by atomic mass is 9.95. The maximum atomic E-state index is 5.33. The molecule has 0 saturated heterocycles. The lowest BCUT2D eigenvalue weighted by molar-refractivity contribution is 0.354. The van der Waals surface area contributed by atoms with Crippen LogP contribution in [0.3, 0.4) is 0 Å². The van der Waals surface area contributed by atoms with Crippen molar-refractivity contribution in [3.63, 3.8) is 0 Å². The lowest BCUT2D eigenvalue weighted by Crippen LogP contribution is -2.15. The van der Waals surface area contributed by atoms with E-state index in [0.717, 1.165) is 29.9 Å². The van der Waals surface area contributed by atoms with Gasteiger partial charge in [-0.25, -0.2) is 0 Å². The highest BCUT2D eigenvalue weighted by Crippen LogP contribution is 2.32. The Morgan fingerprint density at radius 3 is 2.59 bits per heavy atom. The van der Waals surface area contributed by atoms with E-state index in [-0.39, 0.29) is 0 Å². The number of ether oxygens (including phenoxy) is 2. The molecule has 0 bridgehead atoms. The molecule has 1 aliphatic heterocycles. The van der Waals surface area contributed by atoms with Crippen molar-refractivity contribution in [2.45, 2.75) is 32.2 Å². The highest BCUT2D eigenvalue weighted by atomic mass is 16.5. The van der Waals surface area contributed by atoms with Crippen LogP contribution in [0.25, 0.3) is 0 Å². The molecule has 3 nitrogen and oxygen atoms in total. The van der Waals surface area contributed by atoms with Crippen LogP contribution in [0.2, 0.25) is 0 Å². The third-order valence-corrected chi connectivity index (χ3v) is 3.15. The van der Waals surface area contributed by atoms with Crippen molar-refractivity contribution >= 4 is 6.21 Å². The number of hydrogen-bond donors (Lipinski definition) is 0. The predicted molar refractivity (Wildman–Crippen MR) is 69.5 cm³/mol. The fraction of sp³-hybridized carbons (Fsp3) is 0.500. The van der Waals surface area contributed by atoms with Gasteiger partial charge in [-0.05, 0) is 36.1 Å². The summed E-state index contributed by atoms with van der Waals surface area (Å²) in [5.74, 6) is 1.57. The number of methoxy groups -OCH3 is 2. The Balaban J connectivity index is 2.31. The van der Waals surface area contributed by atoms with Crippen molar-refractivity contribution in [1.29, 1.82) is 0 Å². The van der Waals surface area contributed by atoms with Crippen LogP contribution >= 0.6 is 0 Å². The smallest absolute Gasteiger partial charge is 0.161 e. The topological polar surface area (TPSA) is 30.8 Å². The van der Waals surface area contributed by atoms with Gasteiger partial charge in [0.05, 0.1) is 20.3 Å². The monoisotopic (exact) mass is 233 g/mol. The van der Waals surface area contributed by atoms with Crippen LogP contribution < -0.4 is 9.47 Å². The zero-order valence-corrected chi connectivity index (χ0v) is 10.7. The Labute approximate surface area is 102 Å². The highest BCUT2D eigenvalue weighted by Gasteiger charge is 2.17. The molecule has 1 unspecified atom stereocenters. The third-order valence-electron chi connectivity index (χ3n) is 3.15. The Kier molecular flexibility index (Phi) is 3.67. The molecule has 1 aromatic rings. The van der Waals surface area contributed by atoms with Gasteiger partial charge in [-0.2, -0.15) is 0 Å². The molecule has 1 atom stereocenters. The van der Waals surface area contributed by atoms with E-state index >= 15 is 0 Å². The van der Waals surface area contributed by atoms with Gasteiger partial charge < -0.3 is 9.47 Å². The fourth-order valence-corrected chi connectivity index (χ4v) is 2.24. The Bertz CT molecular complexity index is 426. The standard InChI is InChI=1S/C14H19NO2/c1-4-5-12-6-10-7-13(16-2)14(17-3)8-11(10)9-15-12/h7-9,12H,4-6H2,1-3H3. The minimum atomic E-state index is 0.422. The molecule has 0 amide bonds. The second kappa shape index (κ2) is 5.21. The first-order valence-electron chi connectivity index (χ1n) is 6.06. The summed E-state index contributed by atoms with van der Waals surface area (Å²) in [6.07, 6.45) is 5.27. The van der Waals surface area contributed by atoms with Crippen molar-refractivity contribution in [2.75, 3.05) is 14.2 Å². The van der Waals surface area contributed by atoms with Crippen LogP contribution in [0, 0.1) is 0 Å². The SMILES string of the molecule is CCCC1Cc2cc(OC)c(OC)cc2C=N1. The van der Waals surface area contributed by atoms with E-state index in [4.69, 9.17) is 9.47 Å². The van der Waals surface area contributed by atoms with Gasteiger partial charge in [-0.3, -0.25) is 4.99 Å². The van der Waals surface area contributed by atoms with Gasteiger partial charge in [-0.1, -0.05) is 13.3 Å². The summed E-state index contributed by atoms with van der Waals surface area (Å²) in [5, 5.41) is 0. The van der Waals surface area contributed by atoms with Gasteiger partial charge in [0.1, 0.15) is 0 Å². The normalized spacial score (nSPS) is 17.7. The summed E-state index contributed by atoms with van der Waals surface area (Å²) in [6.45, 7) is 2.19. The number of rotatable bonds is 4. The van der Waals surface area contributed by atoms with Crippen molar-refractivity contribution < 1.29 is 9.47 Å². The van der Waals surface area contributed by atoms with Crippen LogP contribution in [0.15, 0.2) is 17.1 Å². The van der Waals surface area contributed by atoms with E-state index < -0.39 is 0 Å². The minimum Gasteiger partial charge on any atom is -0.493 e. The molecule has 3 heteroatoms. The molecule has 0 aromatic heterocycles. The summed E-state index contributed by atoms with van der Waals surface area (Å²) < 4.78 is 10.6. The zero-order chi connectivity index (χ0) is 12.3. The summed E-state index contributed by atoms with van der Waals surface area (Å²) >= 11 is 0. The maximum Gasteiger partial charge on any atom is 0.161 e. The molecule has 1 aromatic carbocycles. The summed E-state index contributed by atoms with van der Waals surface area (Å²) in [4.78, 5) is 4.57. The summed E-state index contributed by atoms with van der Waals surface area (Å²) in [7, 11) is 3.33. The largest absolute Gasteiger partial charge is 0.493 e. The van der Waals surface area contributed by atoms with E-state index in [1.54, 1.807) is 14.2 Å². The van der Waals surface area contributed by atoms with Crippen molar-refractivity contribution in [1.82, 2.24) is 0 Å².